The number of carbonyl (C=O) groups excluding carboxylic acids is 2. The number of halogens is 1. The largest absolute Gasteiger partial charge is 0.295 e. The highest BCUT2D eigenvalue weighted by Crippen LogP contribution is 2.09. The van der Waals surface area contributed by atoms with Crippen LogP contribution in [-0.2, 0) is 9.59 Å². The van der Waals surface area contributed by atoms with Crippen LogP contribution in [0.15, 0.2) is 22.8 Å². The van der Waals surface area contributed by atoms with E-state index in [1.165, 1.54) is 6.08 Å². The molecule has 0 fully saturated rings. The van der Waals surface area contributed by atoms with E-state index in [2.05, 4.69) is 29.2 Å². The van der Waals surface area contributed by atoms with Crippen LogP contribution in [0.1, 0.15) is 51.4 Å². The van der Waals surface area contributed by atoms with Crippen LogP contribution in [0.5, 0.6) is 0 Å². The van der Waals surface area contributed by atoms with E-state index in [0.717, 1.165) is 38.5 Å². The molecule has 0 N–H and O–H groups in total. The minimum atomic E-state index is 0.140. The third kappa shape index (κ3) is 11.8. The van der Waals surface area contributed by atoms with Gasteiger partial charge in [-0.05, 0) is 29.1 Å². The van der Waals surface area contributed by atoms with Crippen LogP contribution in [0.4, 0.5) is 0 Å². The molecule has 0 aromatic heterocycles. The molecule has 0 amide bonds. The molecule has 0 saturated heterocycles. The van der Waals surface area contributed by atoms with Gasteiger partial charge in [0.05, 0.1) is 0 Å². The summed E-state index contributed by atoms with van der Waals surface area (Å²) in [7, 11) is 0. The number of carbonyl (C=O) groups is 2. The van der Waals surface area contributed by atoms with E-state index in [9.17, 15) is 9.59 Å². The summed E-state index contributed by atoms with van der Waals surface area (Å²) in [6.07, 6.45) is 10.8. The van der Waals surface area contributed by atoms with Crippen molar-refractivity contribution in [3.05, 3.63) is 22.8 Å². The van der Waals surface area contributed by atoms with E-state index in [-0.39, 0.29) is 11.6 Å². The van der Waals surface area contributed by atoms with Gasteiger partial charge >= 0.3 is 0 Å². The van der Waals surface area contributed by atoms with Gasteiger partial charge in [0.25, 0.3) is 0 Å². The van der Waals surface area contributed by atoms with Gasteiger partial charge in [0.2, 0.25) is 0 Å². The number of ketones is 2. The minimum Gasteiger partial charge on any atom is -0.295 e. The molecule has 17 heavy (non-hydrogen) atoms. The predicted octanol–water partition coefficient (Wildman–Crippen LogP) is 4.38. The summed E-state index contributed by atoms with van der Waals surface area (Å²) in [6.45, 7) is 3.44. The van der Waals surface area contributed by atoms with Gasteiger partial charge in [-0.2, -0.15) is 0 Å². The zero-order valence-corrected chi connectivity index (χ0v) is 12.4. The summed E-state index contributed by atoms with van der Waals surface area (Å²) >= 11 is 2.06. The van der Waals surface area contributed by atoms with E-state index in [0.29, 0.717) is 12.8 Å². The van der Waals surface area contributed by atoms with Gasteiger partial charge in [0, 0.05) is 12.8 Å². The SMILES string of the molecule is C=CC(=O)CCCCCCCCC(=O)/C=C/I. The summed E-state index contributed by atoms with van der Waals surface area (Å²) in [4.78, 5) is 22.1. The van der Waals surface area contributed by atoms with E-state index in [4.69, 9.17) is 0 Å². The molecule has 0 heterocycles. The highest BCUT2D eigenvalue weighted by Gasteiger charge is 1.98. The standard InChI is InChI=1S/C14H21IO2/c1-2-13(16)9-7-5-3-4-6-8-10-14(17)11-12-15/h2,11-12H,1,3-10H2/b12-11+. The van der Waals surface area contributed by atoms with E-state index < -0.39 is 0 Å². The van der Waals surface area contributed by atoms with Gasteiger partial charge in [0.1, 0.15) is 0 Å². The van der Waals surface area contributed by atoms with Crippen molar-refractivity contribution in [2.24, 2.45) is 0 Å². The van der Waals surface area contributed by atoms with E-state index in [1.54, 1.807) is 10.2 Å². The van der Waals surface area contributed by atoms with Gasteiger partial charge < -0.3 is 0 Å². The molecule has 0 bridgehead atoms. The summed E-state index contributed by atoms with van der Waals surface area (Å²) in [6, 6.07) is 0. The van der Waals surface area contributed by atoms with E-state index in [1.807, 2.05) is 0 Å². The van der Waals surface area contributed by atoms with Crippen LogP contribution >= 0.6 is 22.6 Å². The lowest BCUT2D eigenvalue weighted by Crippen LogP contribution is -1.92. The fourth-order valence-electron chi connectivity index (χ4n) is 1.56. The molecule has 0 saturated carbocycles. The molecule has 3 heteroatoms. The number of allylic oxidation sites excluding steroid dienone is 2. The molecule has 0 radical (unpaired) electrons. The van der Waals surface area contributed by atoms with Gasteiger partial charge in [0.15, 0.2) is 11.6 Å². The lowest BCUT2D eigenvalue weighted by Gasteiger charge is -2.00. The maximum atomic E-state index is 11.1. The Morgan fingerprint density at radius 3 is 1.82 bits per heavy atom. The lowest BCUT2D eigenvalue weighted by molar-refractivity contribution is -0.115. The quantitative estimate of drug-likeness (QED) is 0.315. The Morgan fingerprint density at radius 1 is 0.882 bits per heavy atom. The fourth-order valence-corrected chi connectivity index (χ4v) is 1.96. The zero-order chi connectivity index (χ0) is 12.9. The molecule has 0 aliphatic rings. The molecule has 2 nitrogen and oxygen atoms in total. The maximum absolute atomic E-state index is 11.1. The third-order valence-electron chi connectivity index (χ3n) is 2.57. The van der Waals surface area contributed by atoms with Crippen molar-refractivity contribution >= 4 is 34.2 Å². The average molecular weight is 348 g/mol. The molecule has 0 aromatic rings. The Kier molecular flexibility index (Phi) is 11.7. The van der Waals surface area contributed by atoms with Gasteiger partial charge in [-0.1, -0.05) is 54.9 Å². The average Bonchev–Trinajstić information content (AvgIpc) is 2.32. The van der Waals surface area contributed by atoms with Crippen LogP contribution < -0.4 is 0 Å². The second kappa shape index (κ2) is 12.0. The van der Waals surface area contributed by atoms with Gasteiger partial charge in [-0.15, -0.1) is 0 Å². The van der Waals surface area contributed by atoms with Crippen LogP contribution in [0, 0.1) is 0 Å². The van der Waals surface area contributed by atoms with Crippen molar-refractivity contribution in [1.29, 1.82) is 0 Å². The van der Waals surface area contributed by atoms with Crippen molar-refractivity contribution < 1.29 is 9.59 Å². The summed E-state index contributed by atoms with van der Waals surface area (Å²) < 4.78 is 1.76. The summed E-state index contributed by atoms with van der Waals surface area (Å²) in [5.74, 6) is 0.358. The molecule has 0 atom stereocenters. The molecule has 96 valence electrons. The van der Waals surface area contributed by atoms with Crippen molar-refractivity contribution in [3.63, 3.8) is 0 Å². The lowest BCUT2D eigenvalue weighted by atomic mass is 10.1. The van der Waals surface area contributed by atoms with Crippen LogP contribution in [0.2, 0.25) is 0 Å². The number of rotatable bonds is 11. The first-order valence-electron chi connectivity index (χ1n) is 6.15. The second-order valence-corrected chi connectivity index (χ2v) is 4.77. The van der Waals surface area contributed by atoms with Crippen molar-refractivity contribution in [3.8, 4) is 0 Å². The van der Waals surface area contributed by atoms with Crippen LogP contribution in [0.25, 0.3) is 0 Å². The fraction of sp³-hybridized carbons (Fsp3) is 0.571. The molecule has 0 aliphatic heterocycles. The molecule has 0 rings (SSSR count). The molecule has 0 unspecified atom stereocenters. The van der Waals surface area contributed by atoms with Gasteiger partial charge in [-0.25, -0.2) is 0 Å². The number of hydrogen-bond acceptors (Lipinski definition) is 2. The van der Waals surface area contributed by atoms with Crippen molar-refractivity contribution in [2.45, 2.75) is 51.4 Å². The van der Waals surface area contributed by atoms with E-state index >= 15 is 0 Å². The third-order valence-corrected chi connectivity index (χ3v) is 2.93. The Balaban J connectivity index is 3.21. The first-order chi connectivity index (χ1) is 8.20. The summed E-state index contributed by atoms with van der Waals surface area (Å²) in [5, 5.41) is 0. The normalized spacial score (nSPS) is 10.6. The first-order valence-corrected chi connectivity index (χ1v) is 7.40. The maximum Gasteiger partial charge on any atom is 0.156 e. The Bertz CT molecular complexity index is 269. The van der Waals surface area contributed by atoms with Crippen LogP contribution in [0.3, 0.4) is 0 Å². The predicted molar refractivity (Wildman–Crippen MR) is 80.3 cm³/mol. The number of unbranched alkanes of at least 4 members (excludes halogenated alkanes) is 5. The highest BCUT2D eigenvalue weighted by molar-refractivity contribution is 14.1. The second-order valence-electron chi connectivity index (χ2n) is 4.05. The summed E-state index contributed by atoms with van der Waals surface area (Å²) in [5.41, 5.74) is 0. The Hall–Kier alpha value is -0.450. The molecular formula is C14H21IO2. The minimum absolute atomic E-state index is 0.140. The Morgan fingerprint density at radius 2 is 1.35 bits per heavy atom. The molecular weight excluding hydrogens is 327 g/mol. The topological polar surface area (TPSA) is 34.1 Å². The molecule has 0 spiro atoms. The molecule has 0 aromatic carbocycles. The van der Waals surface area contributed by atoms with Crippen molar-refractivity contribution in [2.75, 3.05) is 0 Å². The smallest absolute Gasteiger partial charge is 0.156 e. The molecule has 0 aliphatic carbocycles. The van der Waals surface area contributed by atoms with Gasteiger partial charge in [-0.3, -0.25) is 9.59 Å². The Labute approximate surface area is 118 Å². The van der Waals surface area contributed by atoms with Crippen molar-refractivity contribution in [1.82, 2.24) is 0 Å². The monoisotopic (exact) mass is 348 g/mol. The van der Waals surface area contributed by atoms with Crippen LogP contribution in [-0.4, -0.2) is 11.6 Å². The first kappa shape index (κ1) is 16.6. The number of hydrogen-bond donors (Lipinski definition) is 0. The zero-order valence-electron chi connectivity index (χ0n) is 10.3. The highest BCUT2D eigenvalue weighted by atomic mass is 127.